The zero-order valence-electron chi connectivity index (χ0n) is 13.6. The summed E-state index contributed by atoms with van der Waals surface area (Å²) in [5, 5.41) is 6.64. The van der Waals surface area contributed by atoms with E-state index < -0.39 is 0 Å². The molecular formula is C18H21ClN2O2. The van der Waals surface area contributed by atoms with Crippen molar-refractivity contribution in [1.29, 1.82) is 0 Å². The Morgan fingerprint density at radius 1 is 1.13 bits per heavy atom. The molecule has 2 aromatic rings. The summed E-state index contributed by atoms with van der Waals surface area (Å²) in [6.07, 6.45) is 0.350. The molecule has 5 heteroatoms. The average molecular weight is 333 g/mol. The van der Waals surface area contributed by atoms with Gasteiger partial charge in [0.05, 0.1) is 12.8 Å². The predicted octanol–water partition coefficient (Wildman–Crippen LogP) is 4.41. The van der Waals surface area contributed by atoms with E-state index >= 15 is 0 Å². The Morgan fingerprint density at radius 3 is 2.48 bits per heavy atom. The van der Waals surface area contributed by atoms with Crippen LogP contribution in [0.5, 0.6) is 5.75 Å². The van der Waals surface area contributed by atoms with Crippen LogP contribution in [0.1, 0.15) is 17.5 Å². The molecule has 23 heavy (non-hydrogen) atoms. The second-order valence-electron chi connectivity index (χ2n) is 5.45. The van der Waals surface area contributed by atoms with Crippen LogP contribution in [0.3, 0.4) is 0 Å². The molecule has 2 N–H and O–H groups in total. The van der Waals surface area contributed by atoms with Gasteiger partial charge in [0.1, 0.15) is 5.75 Å². The number of aryl methyl sites for hydroxylation is 2. The van der Waals surface area contributed by atoms with Gasteiger partial charge in [0, 0.05) is 23.7 Å². The molecule has 0 heterocycles. The lowest BCUT2D eigenvalue weighted by atomic mass is 10.1. The van der Waals surface area contributed by atoms with Crippen LogP contribution in [0, 0.1) is 13.8 Å². The molecule has 1 amide bonds. The largest absolute Gasteiger partial charge is 0.495 e. The molecule has 0 aliphatic heterocycles. The summed E-state index contributed by atoms with van der Waals surface area (Å²) in [5.41, 5.74) is 3.99. The van der Waals surface area contributed by atoms with Gasteiger partial charge in [-0.3, -0.25) is 4.79 Å². The summed E-state index contributed by atoms with van der Waals surface area (Å²) in [5.74, 6) is 0.493. The Hall–Kier alpha value is -2.20. The van der Waals surface area contributed by atoms with Gasteiger partial charge >= 0.3 is 0 Å². The van der Waals surface area contributed by atoms with Crippen LogP contribution >= 0.6 is 11.6 Å². The van der Waals surface area contributed by atoms with Crippen molar-refractivity contribution >= 4 is 28.9 Å². The molecule has 0 bridgehead atoms. The maximum absolute atomic E-state index is 12.1. The topological polar surface area (TPSA) is 50.4 Å². The highest BCUT2D eigenvalue weighted by atomic mass is 35.5. The molecule has 0 aromatic heterocycles. The number of carbonyl (C=O) groups excluding carboxylic acids is 1. The van der Waals surface area contributed by atoms with E-state index in [-0.39, 0.29) is 5.91 Å². The Balaban J connectivity index is 1.89. The summed E-state index contributed by atoms with van der Waals surface area (Å²) in [7, 11) is 1.56. The standard InChI is InChI=1S/C18H21ClN2O2/c1-12-8-13(2)10-15(9-12)20-7-6-18(22)21-16-11-14(19)4-5-17(16)23-3/h4-5,8-11,20H,6-7H2,1-3H3,(H,21,22). The number of methoxy groups -OCH3 is 1. The number of hydrogen-bond donors (Lipinski definition) is 2. The van der Waals surface area contributed by atoms with Gasteiger partial charge in [-0.2, -0.15) is 0 Å². The fourth-order valence-electron chi connectivity index (χ4n) is 2.39. The van der Waals surface area contributed by atoms with Crippen molar-refractivity contribution < 1.29 is 9.53 Å². The van der Waals surface area contributed by atoms with E-state index in [1.807, 2.05) is 0 Å². The molecule has 4 nitrogen and oxygen atoms in total. The number of ether oxygens (including phenoxy) is 1. The van der Waals surface area contributed by atoms with Gasteiger partial charge in [0.25, 0.3) is 0 Å². The number of nitrogens with one attached hydrogen (secondary N) is 2. The van der Waals surface area contributed by atoms with E-state index in [0.717, 1.165) is 5.69 Å². The van der Waals surface area contributed by atoms with Crippen LogP contribution in [-0.2, 0) is 4.79 Å². The van der Waals surface area contributed by atoms with Gasteiger partial charge in [-0.25, -0.2) is 0 Å². The van der Waals surface area contributed by atoms with Crippen LogP contribution in [0.25, 0.3) is 0 Å². The number of halogens is 1. The summed E-state index contributed by atoms with van der Waals surface area (Å²) >= 11 is 5.95. The number of hydrogen-bond acceptors (Lipinski definition) is 3. The normalized spacial score (nSPS) is 10.3. The van der Waals surface area contributed by atoms with E-state index in [2.05, 4.69) is 42.7 Å². The number of carbonyl (C=O) groups is 1. The third kappa shape index (κ3) is 5.18. The van der Waals surface area contributed by atoms with Gasteiger partial charge in [-0.15, -0.1) is 0 Å². The van der Waals surface area contributed by atoms with Gasteiger partial charge in [-0.05, 0) is 55.3 Å². The molecule has 0 unspecified atom stereocenters. The fourth-order valence-corrected chi connectivity index (χ4v) is 2.56. The van der Waals surface area contributed by atoms with Crippen molar-refractivity contribution in [3.8, 4) is 5.75 Å². The van der Waals surface area contributed by atoms with E-state index in [9.17, 15) is 4.79 Å². The maximum Gasteiger partial charge on any atom is 0.226 e. The van der Waals surface area contributed by atoms with Gasteiger partial charge in [-0.1, -0.05) is 17.7 Å². The first-order valence-electron chi connectivity index (χ1n) is 7.43. The van der Waals surface area contributed by atoms with Crippen LogP contribution in [0.4, 0.5) is 11.4 Å². The van der Waals surface area contributed by atoms with Gasteiger partial charge in [0.2, 0.25) is 5.91 Å². The number of rotatable bonds is 6. The first-order chi connectivity index (χ1) is 11.0. The van der Waals surface area contributed by atoms with Crippen LogP contribution < -0.4 is 15.4 Å². The summed E-state index contributed by atoms with van der Waals surface area (Å²) in [4.78, 5) is 12.1. The minimum Gasteiger partial charge on any atom is -0.495 e. The number of anilines is 2. The van der Waals surface area contributed by atoms with Crippen LogP contribution in [0.2, 0.25) is 5.02 Å². The van der Waals surface area contributed by atoms with E-state index in [1.165, 1.54) is 11.1 Å². The highest BCUT2D eigenvalue weighted by Crippen LogP contribution is 2.27. The van der Waals surface area contributed by atoms with Crippen LogP contribution in [-0.4, -0.2) is 19.6 Å². The molecular weight excluding hydrogens is 312 g/mol. The molecule has 0 saturated carbocycles. The Bertz CT molecular complexity index is 681. The molecule has 2 rings (SSSR count). The average Bonchev–Trinajstić information content (AvgIpc) is 2.46. The Kier molecular flexibility index (Phi) is 5.88. The molecule has 2 aromatic carbocycles. The highest BCUT2D eigenvalue weighted by molar-refractivity contribution is 6.31. The molecule has 0 spiro atoms. The third-order valence-electron chi connectivity index (χ3n) is 3.34. The molecule has 0 aliphatic carbocycles. The van der Waals surface area contributed by atoms with E-state index in [1.54, 1.807) is 25.3 Å². The van der Waals surface area contributed by atoms with E-state index in [0.29, 0.717) is 29.4 Å². The smallest absolute Gasteiger partial charge is 0.226 e. The second-order valence-corrected chi connectivity index (χ2v) is 5.88. The van der Waals surface area contributed by atoms with Crippen LogP contribution in [0.15, 0.2) is 36.4 Å². The molecule has 0 fully saturated rings. The lowest BCUT2D eigenvalue weighted by molar-refractivity contribution is -0.115. The van der Waals surface area contributed by atoms with Crippen molar-refractivity contribution in [3.63, 3.8) is 0 Å². The maximum atomic E-state index is 12.1. The zero-order chi connectivity index (χ0) is 16.8. The molecule has 0 radical (unpaired) electrons. The minimum atomic E-state index is -0.0950. The minimum absolute atomic E-state index is 0.0950. The quantitative estimate of drug-likeness (QED) is 0.824. The van der Waals surface area contributed by atoms with Gasteiger partial charge in [0.15, 0.2) is 0 Å². The molecule has 122 valence electrons. The number of amides is 1. The third-order valence-corrected chi connectivity index (χ3v) is 3.57. The van der Waals surface area contributed by atoms with Crippen molar-refractivity contribution in [2.24, 2.45) is 0 Å². The summed E-state index contributed by atoms with van der Waals surface area (Å²) < 4.78 is 5.21. The lowest BCUT2D eigenvalue weighted by Gasteiger charge is -2.11. The predicted molar refractivity (Wildman–Crippen MR) is 95.7 cm³/mol. The molecule has 0 saturated heterocycles. The lowest BCUT2D eigenvalue weighted by Crippen LogP contribution is -2.16. The summed E-state index contributed by atoms with van der Waals surface area (Å²) in [6.45, 7) is 4.66. The van der Waals surface area contributed by atoms with Crippen molar-refractivity contribution in [1.82, 2.24) is 0 Å². The molecule has 0 aliphatic rings. The second kappa shape index (κ2) is 7.88. The zero-order valence-corrected chi connectivity index (χ0v) is 14.3. The van der Waals surface area contributed by atoms with Crippen molar-refractivity contribution in [2.45, 2.75) is 20.3 Å². The highest BCUT2D eigenvalue weighted by Gasteiger charge is 2.08. The SMILES string of the molecule is COc1ccc(Cl)cc1NC(=O)CCNc1cc(C)cc(C)c1. The Labute approximate surface area is 141 Å². The van der Waals surface area contributed by atoms with Crippen molar-refractivity contribution in [3.05, 3.63) is 52.5 Å². The van der Waals surface area contributed by atoms with Crippen molar-refractivity contribution in [2.75, 3.05) is 24.3 Å². The monoisotopic (exact) mass is 332 g/mol. The fraction of sp³-hybridized carbons (Fsp3) is 0.278. The van der Waals surface area contributed by atoms with E-state index in [4.69, 9.17) is 16.3 Å². The van der Waals surface area contributed by atoms with Gasteiger partial charge < -0.3 is 15.4 Å². The first-order valence-corrected chi connectivity index (χ1v) is 7.81. The Morgan fingerprint density at radius 2 is 1.83 bits per heavy atom. The number of benzene rings is 2. The summed E-state index contributed by atoms with van der Waals surface area (Å²) in [6, 6.07) is 11.4. The first kappa shape index (κ1) is 17.2. The molecule has 0 atom stereocenters.